The van der Waals surface area contributed by atoms with E-state index >= 15 is 0 Å². The number of carbonyl (C=O) groups is 2. The SMILES string of the molecule is COc1cc(/C=N\N2C(=O)[C@@H]3[C@@H]4C=C[C@H]([C@H]5C[C@@H]45)[C@@H]3C2=O)cc(Br)c1OC. The van der Waals surface area contributed by atoms with Gasteiger partial charge in [0.1, 0.15) is 0 Å². The Labute approximate surface area is 165 Å². The molecule has 6 nitrogen and oxygen atoms in total. The minimum Gasteiger partial charge on any atom is -0.493 e. The molecule has 1 saturated heterocycles. The normalized spacial score (nSPS) is 35.6. The fraction of sp³-hybridized carbons (Fsp3) is 0.450. The number of rotatable bonds is 4. The summed E-state index contributed by atoms with van der Waals surface area (Å²) in [5.74, 6) is 1.92. The summed E-state index contributed by atoms with van der Waals surface area (Å²) < 4.78 is 11.3. The van der Waals surface area contributed by atoms with Gasteiger partial charge in [0.15, 0.2) is 11.5 Å². The van der Waals surface area contributed by atoms with Gasteiger partial charge in [0.2, 0.25) is 0 Å². The maximum Gasteiger partial charge on any atom is 0.254 e. The van der Waals surface area contributed by atoms with Gasteiger partial charge in [-0.2, -0.15) is 10.1 Å². The number of allylic oxidation sites excluding steroid dienone is 2. The van der Waals surface area contributed by atoms with Crippen LogP contribution in [-0.2, 0) is 9.59 Å². The van der Waals surface area contributed by atoms with Gasteiger partial charge in [0.25, 0.3) is 11.8 Å². The number of halogens is 1. The number of carbonyl (C=O) groups excluding carboxylic acids is 2. The highest BCUT2D eigenvalue weighted by Gasteiger charge is 2.67. The van der Waals surface area contributed by atoms with E-state index in [1.54, 1.807) is 20.3 Å². The second-order valence-electron chi connectivity index (χ2n) is 7.63. The number of methoxy groups -OCH3 is 2. The average Bonchev–Trinajstić information content (AvgIpc) is 3.45. The molecule has 2 saturated carbocycles. The summed E-state index contributed by atoms with van der Waals surface area (Å²) in [6, 6.07) is 3.56. The van der Waals surface area contributed by atoms with E-state index in [-0.39, 0.29) is 35.5 Å². The van der Waals surface area contributed by atoms with Crippen LogP contribution in [0.5, 0.6) is 11.5 Å². The number of hydrazone groups is 1. The zero-order valence-corrected chi connectivity index (χ0v) is 16.5. The van der Waals surface area contributed by atoms with Crippen molar-refractivity contribution in [1.82, 2.24) is 5.01 Å². The van der Waals surface area contributed by atoms with Crippen molar-refractivity contribution in [2.75, 3.05) is 14.2 Å². The Hall–Kier alpha value is -2.15. The van der Waals surface area contributed by atoms with Gasteiger partial charge in [-0.25, -0.2) is 0 Å². The number of hydrogen-bond acceptors (Lipinski definition) is 5. The first kappa shape index (κ1) is 17.0. The molecule has 1 aromatic carbocycles. The van der Waals surface area contributed by atoms with Crippen LogP contribution in [0.25, 0.3) is 0 Å². The van der Waals surface area contributed by atoms with Crippen LogP contribution in [0.2, 0.25) is 0 Å². The van der Waals surface area contributed by atoms with Crippen molar-refractivity contribution < 1.29 is 19.1 Å². The third-order valence-electron chi connectivity index (χ3n) is 6.42. The molecular formula is C20H19BrN2O4. The Morgan fingerprint density at radius 3 is 2.26 bits per heavy atom. The lowest BCUT2D eigenvalue weighted by Crippen LogP contribution is -2.40. The van der Waals surface area contributed by atoms with E-state index in [1.165, 1.54) is 6.21 Å². The molecule has 0 unspecified atom stereocenters. The standard InChI is InChI=1S/C20H19BrN2O4/c1-26-15-6-9(5-14(21)18(15)27-2)8-22-23-19(24)16-10-3-4-11(13-7-12(10)13)17(16)20(23)25/h3-6,8,10-13,16-17H,7H2,1-2H3/b22-8-/t10-,11-,12-,13+,16+,17-/m1/s1. The minimum absolute atomic E-state index is 0.162. The fourth-order valence-corrected chi connectivity index (χ4v) is 5.81. The Kier molecular flexibility index (Phi) is 3.73. The highest BCUT2D eigenvalue weighted by molar-refractivity contribution is 9.10. The first-order valence-corrected chi connectivity index (χ1v) is 9.86. The van der Waals surface area contributed by atoms with E-state index in [1.807, 2.05) is 6.07 Å². The van der Waals surface area contributed by atoms with Gasteiger partial charge in [-0.15, -0.1) is 0 Å². The summed E-state index contributed by atoms with van der Waals surface area (Å²) in [7, 11) is 3.12. The molecule has 27 heavy (non-hydrogen) atoms. The largest absolute Gasteiger partial charge is 0.493 e. The quantitative estimate of drug-likeness (QED) is 0.418. The zero-order valence-electron chi connectivity index (χ0n) is 15.0. The van der Waals surface area contributed by atoms with Crippen LogP contribution < -0.4 is 9.47 Å². The topological polar surface area (TPSA) is 68.2 Å². The number of nitrogens with zero attached hydrogens (tertiary/aromatic N) is 2. The molecule has 6 rings (SSSR count). The first-order chi connectivity index (χ1) is 13.0. The van der Waals surface area contributed by atoms with Crippen molar-refractivity contribution in [3.8, 4) is 11.5 Å². The molecule has 5 aliphatic rings. The monoisotopic (exact) mass is 430 g/mol. The van der Waals surface area contributed by atoms with Crippen LogP contribution in [0.4, 0.5) is 0 Å². The Bertz CT molecular complexity index is 875. The van der Waals surface area contributed by atoms with Crippen LogP contribution in [0.3, 0.4) is 0 Å². The molecule has 1 aromatic rings. The zero-order chi connectivity index (χ0) is 18.9. The third kappa shape index (κ3) is 2.33. The summed E-state index contributed by atoms with van der Waals surface area (Å²) >= 11 is 3.44. The maximum absolute atomic E-state index is 12.9. The van der Waals surface area contributed by atoms with Crippen molar-refractivity contribution >= 4 is 34.0 Å². The molecule has 0 spiro atoms. The Morgan fingerprint density at radius 1 is 1.07 bits per heavy atom. The van der Waals surface area contributed by atoms with E-state index in [2.05, 4.69) is 33.2 Å². The lowest BCUT2D eigenvalue weighted by atomic mass is 9.63. The fourth-order valence-electron chi connectivity index (χ4n) is 5.19. The molecule has 0 aromatic heterocycles. The van der Waals surface area contributed by atoms with Crippen molar-refractivity contribution in [2.45, 2.75) is 6.42 Å². The molecule has 0 radical (unpaired) electrons. The smallest absolute Gasteiger partial charge is 0.254 e. The minimum atomic E-state index is -0.231. The molecule has 4 aliphatic carbocycles. The summed E-state index contributed by atoms with van der Waals surface area (Å²) in [6.07, 6.45) is 6.99. The van der Waals surface area contributed by atoms with E-state index < -0.39 is 0 Å². The van der Waals surface area contributed by atoms with Crippen molar-refractivity contribution in [2.24, 2.45) is 40.6 Å². The predicted octanol–water partition coefficient (Wildman–Crippen LogP) is 2.85. The third-order valence-corrected chi connectivity index (χ3v) is 7.01. The average molecular weight is 431 g/mol. The molecule has 1 heterocycles. The summed E-state index contributed by atoms with van der Waals surface area (Å²) in [5.41, 5.74) is 0.707. The van der Waals surface area contributed by atoms with Crippen molar-refractivity contribution in [1.29, 1.82) is 0 Å². The summed E-state index contributed by atoms with van der Waals surface area (Å²) in [6.45, 7) is 0. The van der Waals surface area contributed by atoms with E-state index in [0.29, 0.717) is 33.4 Å². The second-order valence-corrected chi connectivity index (χ2v) is 8.48. The first-order valence-electron chi connectivity index (χ1n) is 9.06. The van der Waals surface area contributed by atoms with Gasteiger partial charge in [0.05, 0.1) is 36.7 Å². The van der Waals surface area contributed by atoms with E-state index in [0.717, 1.165) is 11.4 Å². The summed E-state index contributed by atoms with van der Waals surface area (Å²) in [4.78, 5) is 25.8. The van der Waals surface area contributed by atoms with Gasteiger partial charge >= 0.3 is 0 Å². The maximum atomic E-state index is 12.9. The van der Waals surface area contributed by atoms with Crippen LogP contribution in [0, 0.1) is 35.5 Å². The van der Waals surface area contributed by atoms with Gasteiger partial charge in [-0.3, -0.25) is 9.59 Å². The van der Waals surface area contributed by atoms with Crippen molar-refractivity contribution in [3.63, 3.8) is 0 Å². The second kappa shape index (κ2) is 5.92. The number of amides is 2. The molecule has 140 valence electrons. The molecular weight excluding hydrogens is 412 g/mol. The lowest BCUT2D eigenvalue weighted by molar-refractivity contribution is -0.140. The Balaban J connectivity index is 1.43. The van der Waals surface area contributed by atoms with Crippen LogP contribution >= 0.6 is 15.9 Å². The molecule has 2 bridgehead atoms. The molecule has 0 N–H and O–H groups in total. The predicted molar refractivity (Wildman–Crippen MR) is 101 cm³/mol. The molecule has 6 atom stereocenters. The van der Waals surface area contributed by atoms with Gasteiger partial charge in [0, 0.05) is 0 Å². The van der Waals surface area contributed by atoms with Gasteiger partial charge in [-0.05, 0) is 63.7 Å². The van der Waals surface area contributed by atoms with Crippen LogP contribution in [0.15, 0.2) is 33.9 Å². The van der Waals surface area contributed by atoms with Crippen LogP contribution in [-0.4, -0.2) is 37.3 Å². The summed E-state index contributed by atoms with van der Waals surface area (Å²) in [5, 5.41) is 5.33. The van der Waals surface area contributed by atoms with Gasteiger partial charge in [-0.1, -0.05) is 12.2 Å². The lowest BCUT2D eigenvalue weighted by Gasteiger charge is -2.37. The van der Waals surface area contributed by atoms with Gasteiger partial charge < -0.3 is 9.47 Å². The highest BCUT2D eigenvalue weighted by Crippen LogP contribution is 2.65. The number of imide groups is 1. The molecule has 1 aliphatic heterocycles. The number of ether oxygens (including phenoxy) is 2. The highest BCUT2D eigenvalue weighted by atomic mass is 79.9. The molecule has 2 amide bonds. The number of hydrogen-bond donors (Lipinski definition) is 0. The molecule has 7 heteroatoms. The molecule has 3 fully saturated rings. The van der Waals surface area contributed by atoms with E-state index in [9.17, 15) is 9.59 Å². The number of benzene rings is 1. The van der Waals surface area contributed by atoms with Crippen molar-refractivity contribution in [3.05, 3.63) is 34.3 Å². The van der Waals surface area contributed by atoms with E-state index in [4.69, 9.17) is 9.47 Å². The van der Waals surface area contributed by atoms with Crippen LogP contribution in [0.1, 0.15) is 12.0 Å². The Morgan fingerprint density at radius 2 is 1.70 bits per heavy atom.